The van der Waals surface area contributed by atoms with E-state index in [0.717, 1.165) is 59.4 Å². The molecule has 0 radical (unpaired) electrons. The number of carbonyl (C=O) groups excluding carboxylic acids is 4. The Hall–Kier alpha value is -5.65. The van der Waals surface area contributed by atoms with E-state index >= 15 is 0 Å². The topological polar surface area (TPSA) is 123 Å². The maximum Gasteiger partial charge on any atom is 0.341 e. The summed E-state index contributed by atoms with van der Waals surface area (Å²) in [4.78, 5) is 56.0. The summed E-state index contributed by atoms with van der Waals surface area (Å²) in [7, 11) is 0. The van der Waals surface area contributed by atoms with Gasteiger partial charge in [0.2, 0.25) is 5.91 Å². The van der Waals surface area contributed by atoms with Gasteiger partial charge in [0, 0.05) is 21.0 Å². The first-order valence-electron chi connectivity index (χ1n) is 19.4. The van der Waals surface area contributed by atoms with Gasteiger partial charge in [0.25, 0.3) is 11.8 Å². The second-order valence-corrected chi connectivity index (χ2v) is 15.9. The quantitative estimate of drug-likeness (QED) is 0.0547. The van der Waals surface area contributed by atoms with Crippen molar-refractivity contribution in [2.45, 2.75) is 75.5 Å². The molecular weight excluding hydrogens is 755 g/mol. The Labute approximate surface area is 342 Å². The average molecular weight is 802 g/mol. The van der Waals surface area contributed by atoms with Crippen molar-refractivity contribution in [3.63, 3.8) is 0 Å². The van der Waals surface area contributed by atoms with E-state index in [9.17, 15) is 19.2 Å². The lowest BCUT2D eigenvalue weighted by atomic mass is 9.96. The molecule has 1 heterocycles. The molecule has 1 aromatic heterocycles. The SMILES string of the molecule is CCOC(=O)c1c(NC(=O)C(CC)Sc2cccc(NC(=O)/C(=C\c3ccc(OCc4ccccc4)cc3)NC(=O)c3ccccc3)c2)sc2c1CCCCCC2. The van der Waals surface area contributed by atoms with Crippen LogP contribution >= 0.6 is 23.1 Å². The van der Waals surface area contributed by atoms with Gasteiger partial charge in [-0.15, -0.1) is 23.1 Å². The van der Waals surface area contributed by atoms with Crippen LogP contribution in [0.2, 0.25) is 0 Å². The number of amides is 3. The van der Waals surface area contributed by atoms with Gasteiger partial charge < -0.3 is 25.4 Å². The first-order chi connectivity index (χ1) is 27.8. The van der Waals surface area contributed by atoms with Crippen LogP contribution in [-0.2, 0) is 33.8 Å². The van der Waals surface area contributed by atoms with Gasteiger partial charge in [-0.1, -0.05) is 86.5 Å². The number of benzene rings is 4. The summed E-state index contributed by atoms with van der Waals surface area (Å²) < 4.78 is 11.4. The Bertz CT molecular complexity index is 2190. The normalized spacial score (nSPS) is 13.3. The average Bonchev–Trinajstić information content (AvgIpc) is 3.55. The van der Waals surface area contributed by atoms with Crippen molar-refractivity contribution in [3.8, 4) is 5.75 Å². The number of rotatable bonds is 15. The number of hydrogen-bond acceptors (Lipinski definition) is 8. The molecule has 5 aromatic rings. The van der Waals surface area contributed by atoms with Crippen LogP contribution in [0.4, 0.5) is 10.7 Å². The van der Waals surface area contributed by atoms with Crippen LogP contribution in [0.5, 0.6) is 5.75 Å². The second-order valence-electron chi connectivity index (χ2n) is 13.6. The summed E-state index contributed by atoms with van der Waals surface area (Å²) in [5, 5.41) is 8.88. The Balaban J connectivity index is 1.16. The molecule has 3 amide bonds. The van der Waals surface area contributed by atoms with Crippen molar-refractivity contribution >= 4 is 63.6 Å². The van der Waals surface area contributed by atoms with E-state index in [-0.39, 0.29) is 18.2 Å². The number of carbonyl (C=O) groups is 4. The van der Waals surface area contributed by atoms with Gasteiger partial charge in [0.1, 0.15) is 23.1 Å². The zero-order chi connectivity index (χ0) is 40.0. The van der Waals surface area contributed by atoms with Crippen molar-refractivity contribution in [3.05, 3.63) is 148 Å². The van der Waals surface area contributed by atoms with Crippen LogP contribution in [0.1, 0.15) is 88.2 Å². The van der Waals surface area contributed by atoms with Crippen LogP contribution in [-0.4, -0.2) is 35.5 Å². The molecule has 3 N–H and O–H groups in total. The molecular formula is C46H47N3O6S2. The Morgan fingerprint density at radius 2 is 1.53 bits per heavy atom. The van der Waals surface area contributed by atoms with E-state index in [1.54, 1.807) is 55.5 Å². The Kier molecular flexibility index (Phi) is 14.7. The predicted molar refractivity (Wildman–Crippen MR) is 229 cm³/mol. The molecule has 1 unspecified atom stereocenters. The fourth-order valence-electron chi connectivity index (χ4n) is 6.46. The first-order valence-corrected chi connectivity index (χ1v) is 21.1. The molecule has 294 valence electrons. The fourth-order valence-corrected chi connectivity index (χ4v) is 8.76. The molecule has 0 bridgehead atoms. The molecule has 0 aliphatic heterocycles. The highest BCUT2D eigenvalue weighted by Gasteiger charge is 2.28. The number of hydrogen-bond donors (Lipinski definition) is 3. The van der Waals surface area contributed by atoms with E-state index < -0.39 is 23.0 Å². The molecule has 9 nitrogen and oxygen atoms in total. The van der Waals surface area contributed by atoms with Crippen molar-refractivity contribution < 1.29 is 28.7 Å². The highest BCUT2D eigenvalue weighted by Crippen LogP contribution is 2.38. The fraction of sp³-hybridized carbons (Fsp3) is 0.261. The summed E-state index contributed by atoms with van der Waals surface area (Å²) in [6.07, 6.45) is 8.15. The zero-order valence-corrected chi connectivity index (χ0v) is 33.8. The number of ether oxygens (including phenoxy) is 2. The van der Waals surface area contributed by atoms with E-state index in [4.69, 9.17) is 9.47 Å². The lowest BCUT2D eigenvalue weighted by molar-refractivity contribution is -0.116. The molecule has 0 saturated carbocycles. The Morgan fingerprint density at radius 1 is 0.807 bits per heavy atom. The third kappa shape index (κ3) is 11.5. The van der Waals surface area contributed by atoms with E-state index in [1.165, 1.54) is 23.1 Å². The maximum absolute atomic E-state index is 13.8. The van der Waals surface area contributed by atoms with Gasteiger partial charge in [-0.3, -0.25) is 14.4 Å². The molecule has 0 saturated heterocycles. The first kappa shape index (κ1) is 41.0. The monoisotopic (exact) mass is 801 g/mol. The number of anilines is 2. The van der Waals surface area contributed by atoms with Gasteiger partial charge in [0.05, 0.1) is 17.4 Å². The smallest absolute Gasteiger partial charge is 0.341 e. The number of nitrogens with one attached hydrogen (secondary N) is 3. The minimum atomic E-state index is -0.518. The molecule has 6 rings (SSSR count). The van der Waals surface area contributed by atoms with Crippen molar-refractivity contribution in [2.24, 2.45) is 0 Å². The zero-order valence-electron chi connectivity index (χ0n) is 32.2. The molecule has 0 spiro atoms. The molecule has 1 aliphatic rings. The van der Waals surface area contributed by atoms with Gasteiger partial charge in [0.15, 0.2) is 0 Å². The van der Waals surface area contributed by atoms with Gasteiger partial charge in [-0.25, -0.2) is 4.79 Å². The van der Waals surface area contributed by atoms with E-state index in [1.807, 2.05) is 73.7 Å². The van der Waals surface area contributed by atoms with Crippen LogP contribution in [0.15, 0.2) is 120 Å². The number of aryl methyl sites for hydroxylation is 1. The van der Waals surface area contributed by atoms with E-state index in [2.05, 4.69) is 16.0 Å². The summed E-state index contributed by atoms with van der Waals surface area (Å²) in [6.45, 7) is 4.40. The van der Waals surface area contributed by atoms with Gasteiger partial charge in [-0.2, -0.15) is 0 Å². The number of fused-ring (bicyclic) bond motifs is 1. The summed E-state index contributed by atoms with van der Waals surface area (Å²) in [5.74, 6) is -0.876. The number of thioether (sulfide) groups is 1. The van der Waals surface area contributed by atoms with Crippen LogP contribution in [0, 0.1) is 0 Å². The highest BCUT2D eigenvalue weighted by atomic mass is 32.2. The van der Waals surface area contributed by atoms with Crippen LogP contribution in [0.25, 0.3) is 6.08 Å². The van der Waals surface area contributed by atoms with Crippen LogP contribution < -0.4 is 20.7 Å². The summed E-state index contributed by atoms with van der Waals surface area (Å²) >= 11 is 2.86. The number of esters is 1. The van der Waals surface area contributed by atoms with Gasteiger partial charge in [-0.05, 0) is 104 Å². The van der Waals surface area contributed by atoms with Crippen molar-refractivity contribution in [2.75, 3.05) is 17.2 Å². The lowest BCUT2D eigenvalue weighted by Gasteiger charge is -2.16. The standard InChI is InChI=1S/C46H47N3O6S2/c1-3-39(44(52)49-45-41(46(53)54-4-2)37-22-13-5-6-14-23-40(37)57-45)56-36-21-15-20-34(29-36)47-43(51)38(48-42(50)33-18-11-8-12-19-33)28-31-24-26-35(27-25-31)55-30-32-16-9-7-10-17-32/h7-12,15-21,24-29,39H,3-6,13-14,22-23,30H2,1-2H3,(H,47,51)(H,48,50)(H,49,52)/b38-28+. The third-order valence-electron chi connectivity index (χ3n) is 9.39. The highest BCUT2D eigenvalue weighted by molar-refractivity contribution is 8.00. The van der Waals surface area contributed by atoms with Gasteiger partial charge >= 0.3 is 5.97 Å². The minimum absolute atomic E-state index is 0.0492. The van der Waals surface area contributed by atoms with Crippen molar-refractivity contribution in [1.29, 1.82) is 0 Å². The van der Waals surface area contributed by atoms with E-state index in [0.29, 0.717) is 46.2 Å². The summed E-state index contributed by atoms with van der Waals surface area (Å²) in [6, 6.07) is 33.1. The molecule has 11 heteroatoms. The maximum atomic E-state index is 13.8. The predicted octanol–water partition coefficient (Wildman–Crippen LogP) is 10.1. The third-order valence-corrected chi connectivity index (χ3v) is 12.0. The summed E-state index contributed by atoms with van der Waals surface area (Å²) in [5.41, 5.74) is 4.19. The Morgan fingerprint density at radius 3 is 2.25 bits per heavy atom. The minimum Gasteiger partial charge on any atom is -0.489 e. The molecule has 4 aromatic carbocycles. The molecule has 57 heavy (non-hydrogen) atoms. The lowest BCUT2D eigenvalue weighted by Crippen LogP contribution is -2.30. The van der Waals surface area contributed by atoms with Crippen LogP contribution in [0.3, 0.4) is 0 Å². The number of thiophene rings is 1. The van der Waals surface area contributed by atoms with Crippen molar-refractivity contribution in [1.82, 2.24) is 5.32 Å². The second kappa shape index (κ2) is 20.5. The molecule has 1 aliphatic carbocycles. The molecule has 0 fully saturated rings. The molecule has 1 atom stereocenters. The largest absolute Gasteiger partial charge is 0.489 e.